The number of esters is 1. The van der Waals surface area contributed by atoms with Crippen LogP contribution in [0, 0.1) is 17.0 Å². The highest BCUT2D eigenvalue weighted by atomic mass is 32.2. The van der Waals surface area contributed by atoms with Crippen LogP contribution in [0.25, 0.3) is 0 Å². The van der Waals surface area contributed by atoms with Crippen molar-refractivity contribution < 1.29 is 24.0 Å². The molecule has 0 aliphatic carbocycles. The second-order valence-electron chi connectivity index (χ2n) is 6.72. The van der Waals surface area contributed by atoms with Gasteiger partial charge in [-0.25, -0.2) is 4.79 Å². The first kappa shape index (κ1) is 24.8. The number of nitrogens with one attached hydrogen (secondary N) is 2. The Morgan fingerprint density at radius 2 is 1.79 bits per heavy atom. The maximum atomic E-state index is 12.4. The Kier molecular flexibility index (Phi) is 8.27. The molecule has 0 radical (unpaired) electrons. The Balaban J connectivity index is 1.51. The highest BCUT2D eigenvalue weighted by Gasteiger charge is 2.17. The van der Waals surface area contributed by atoms with E-state index >= 15 is 0 Å². The number of nitro groups is 1. The van der Waals surface area contributed by atoms with Gasteiger partial charge in [-0.2, -0.15) is 0 Å². The molecule has 2 N–H and O–H groups in total. The maximum absolute atomic E-state index is 12.4. The fourth-order valence-electron chi connectivity index (χ4n) is 2.66. The van der Waals surface area contributed by atoms with Gasteiger partial charge in [0.2, 0.25) is 11.0 Å². The number of carbonyl (C=O) groups is 3. The highest BCUT2D eigenvalue weighted by Crippen LogP contribution is 2.26. The van der Waals surface area contributed by atoms with Crippen molar-refractivity contribution in [2.75, 3.05) is 23.0 Å². The minimum absolute atomic E-state index is 0.0480. The lowest BCUT2D eigenvalue weighted by molar-refractivity contribution is -0.385. The van der Waals surface area contributed by atoms with E-state index in [9.17, 15) is 24.5 Å². The summed E-state index contributed by atoms with van der Waals surface area (Å²) in [6.45, 7) is 3.58. The molecule has 3 aromatic rings. The fraction of sp³-hybridized carbons (Fsp3) is 0.190. The molecule has 0 saturated heterocycles. The monoisotopic (exact) mass is 501 g/mol. The van der Waals surface area contributed by atoms with Crippen LogP contribution in [0.5, 0.6) is 0 Å². The van der Waals surface area contributed by atoms with Gasteiger partial charge in [-0.15, -0.1) is 10.2 Å². The summed E-state index contributed by atoms with van der Waals surface area (Å²) >= 11 is 2.20. The van der Waals surface area contributed by atoms with Crippen molar-refractivity contribution in [2.24, 2.45) is 0 Å². The Morgan fingerprint density at radius 1 is 1.09 bits per heavy atom. The molecule has 0 atom stereocenters. The summed E-state index contributed by atoms with van der Waals surface area (Å²) in [5, 5.41) is 24.3. The van der Waals surface area contributed by atoms with E-state index in [0.29, 0.717) is 21.2 Å². The molecule has 0 saturated carbocycles. The average Bonchev–Trinajstić information content (AvgIpc) is 3.25. The van der Waals surface area contributed by atoms with Gasteiger partial charge in [-0.3, -0.25) is 25.0 Å². The molecule has 0 aliphatic rings. The number of hydrogen-bond acceptors (Lipinski definition) is 10. The summed E-state index contributed by atoms with van der Waals surface area (Å²) in [5.74, 6) is -1.23. The van der Waals surface area contributed by atoms with Crippen LogP contribution in [0.4, 0.5) is 16.5 Å². The number of aromatic nitrogens is 2. The van der Waals surface area contributed by atoms with Crippen molar-refractivity contribution >= 4 is 57.4 Å². The molecule has 2 amide bonds. The number of benzene rings is 2. The number of nitro benzene ring substituents is 1. The third kappa shape index (κ3) is 6.59. The van der Waals surface area contributed by atoms with Crippen molar-refractivity contribution in [3.8, 4) is 0 Å². The maximum Gasteiger partial charge on any atom is 0.338 e. The van der Waals surface area contributed by atoms with E-state index < -0.39 is 16.8 Å². The zero-order valence-corrected chi connectivity index (χ0v) is 19.7. The number of ether oxygens (including phenoxy) is 1. The van der Waals surface area contributed by atoms with Crippen LogP contribution in [0.3, 0.4) is 0 Å². The summed E-state index contributed by atoms with van der Waals surface area (Å²) in [4.78, 5) is 46.8. The number of aryl methyl sites for hydroxylation is 1. The van der Waals surface area contributed by atoms with Gasteiger partial charge in [-0.05, 0) is 44.2 Å². The van der Waals surface area contributed by atoms with Gasteiger partial charge in [0.25, 0.3) is 11.6 Å². The molecule has 11 nitrogen and oxygen atoms in total. The third-order valence-corrected chi connectivity index (χ3v) is 6.27. The number of carbonyl (C=O) groups excluding carboxylic acids is 3. The van der Waals surface area contributed by atoms with Crippen LogP contribution in [-0.2, 0) is 9.53 Å². The van der Waals surface area contributed by atoms with Crippen LogP contribution < -0.4 is 10.6 Å². The summed E-state index contributed by atoms with van der Waals surface area (Å²) in [5.41, 5.74) is 1.33. The van der Waals surface area contributed by atoms with Crippen LogP contribution in [-0.4, -0.2) is 45.3 Å². The minimum atomic E-state index is -0.556. The van der Waals surface area contributed by atoms with Crippen LogP contribution in [0.15, 0.2) is 46.8 Å². The molecule has 2 aromatic carbocycles. The SMILES string of the molecule is CCOC(=O)c1ccc(NC(=O)CSc2nnc(NC(=O)c3ccc(C)c([N+](=O)[O-])c3)s2)cc1. The first-order chi connectivity index (χ1) is 16.3. The molecular weight excluding hydrogens is 482 g/mol. The fourth-order valence-corrected chi connectivity index (χ4v) is 4.21. The van der Waals surface area contributed by atoms with Gasteiger partial charge < -0.3 is 10.1 Å². The van der Waals surface area contributed by atoms with E-state index in [-0.39, 0.29) is 34.6 Å². The van der Waals surface area contributed by atoms with Gasteiger partial charge in [0.1, 0.15) is 0 Å². The number of hydrogen-bond donors (Lipinski definition) is 2. The molecule has 0 unspecified atom stereocenters. The standard InChI is InChI=1S/C21H19N5O6S2/c1-3-32-19(29)13-6-8-15(9-7-13)22-17(27)11-33-21-25-24-20(34-21)23-18(28)14-5-4-12(2)16(10-14)26(30)31/h4-10H,3,11H2,1-2H3,(H,22,27)(H,23,24,28). The smallest absolute Gasteiger partial charge is 0.338 e. The molecular formula is C21H19N5O6S2. The lowest BCUT2D eigenvalue weighted by Gasteiger charge is -2.06. The Morgan fingerprint density at radius 3 is 2.47 bits per heavy atom. The minimum Gasteiger partial charge on any atom is -0.462 e. The van der Waals surface area contributed by atoms with E-state index in [1.54, 1.807) is 38.1 Å². The van der Waals surface area contributed by atoms with Crippen molar-refractivity contribution in [3.05, 3.63) is 69.3 Å². The third-order valence-electron chi connectivity index (χ3n) is 4.30. The molecule has 3 rings (SSSR count). The van der Waals surface area contributed by atoms with Crippen LogP contribution >= 0.6 is 23.1 Å². The zero-order chi connectivity index (χ0) is 24.7. The van der Waals surface area contributed by atoms with Crippen molar-refractivity contribution in [2.45, 2.75) is 18.2 Å². The van der Waals surface area contributed by atoms with E-state index in [2.05, 4.69) is 20.8 Å². The molecule has 13 heteroatoms. The van der Waals surface area contributed by atoms with Crippen molar-refractivity contribution in [1.29, 1.82) is 0 Å². The molecule has 0 aliphatic heterocycles. The Bertz CT molecular complexity index is 1230. The lowest BCUT2D eigenvalue weighted by Crippen LogP contribution is -2.14. The van der Waals surface area contributed by atoms with Crippen LogP contribution in [0.2, 0.25) is 0 Å². The summed E-state index contributed by atoms with van der Waals surface area (Å²) in [6.07, 6.45) is 0. The van der Waals surface area contributed by atoms with Gasteiger partial charge in [0.15, 0.2) is 4.34 Å². The normalized spacial score (nSPS) is 10.4. The van der Waals surface area contributed by atoms with Crippen molar-refractivity contribution in [1.82, 2.24) is 10.2 Å². The van der Waals surface area contributed by atoms with Gasteiger partial charge >= 0.3 is 5.97 Å². The first-order valence-corrected chi connectivity index (χ1v) is 11.7. The lowest BCUT2D eigenvalue weighted by atomic mass is 10.1. The Labute approximate surface area is 202 Å². The number of thioether (sulfide) groups is 1. The Hall–Kier alpha value is -3.84. The van der Waals surface area contributed by atoms with Gasteiger partial charge in [0.05, 0.1) is 22.8 Å². The largest absolute Gasteiger partial charge is 0.462 e. The van der Waals surface area contributed by atoms with Crippen molar-refractivity contribution in [3.63, 3.8) is 0 Å². The van der Waals surface area contributed by atoms with E-state index in [1.807, 2.05) is 0 Å². The molecule has 0 spiro atoms. The highest BCUT2D eigenvalue weighted by molar-refractivity contribution is 8.01. The average molecular weight is 502 g/mol. The summed E-state index contributed by atoms with van der Waals surface area (Å²) in [7, 11) is 0. The van der Waals surface area contributed by atoms with Gasteiger partial charge in [0, 0.05) is 22.9 Å². The number of rotatable bonds is 9. The zero-order valence-electron chi connectivity index (χ0n) is 18.1. The van der Waals surface area contributed by atoms with E-state index in [1.165, 1.54) is 18.2 Å². The van der Waals surface area contributed by atoms with E-state index in [0.717, 1.165) is 23.1 Å². The molecule has 0 bridgehead atoms. The molecule has 34 heavy (non-hydrogen) atoms. The van der Waals surface area contributed by atoms with Gasteiger partial charge in [-0.1, -0.05) is 29.2 Å². The summed E-state index contributed by atoms with van der Waals surface area (Å²) < 4.78 is 5.37. The molecule has 1 heterocycles. The quantitative estimate of drug-likeness (QED) is 0.146. The predicted octanol–water partition coefficient (Wildman–Crippen LogP) is 3.91. The van der Waals surface area contributed by atoms with E-state index in [4.69, 9.17) is 4.74 Å². The number of anilines is 2. The molecule has 0 fully saturated rings. The second kappa shape index (κ2) is 11.3. The second-order valence-corrected chi connectivity index (χ2v) is 8.92. The predicted molar refractivity (Wildman–Crippen MR) is 127 cm³/mol. The number of amides is 2. The first-order valence-electron chi connectivity index (χ1n) is 9.86. The number of nitrogens with zero attached hydrogens (tertiary/aromatic N) is 3. The molecule has 1 aromatic heterocycles. The summed E-state index contributed by atoms with van der Waals surface area (Å²) in [6, 6.07) is 10.5. The van der Waals surface area contributed by atoms with Crippen LogP contribution in [0.1, 0.15) is 33.2 Å². The molecule has 176 valence electrons. The topological polar surface area (TPSA) is 153 Å².